The SMILES string of the molecule is CN(CCOC(=O)CCC(=O)O)N=O. The number of hydrogen-bond acceptors (Lipinski definition) is 5. The predicted molar refractivity (Wildman–Crippen MR) is 46.3 cm³/mol. The molecule has 1 N–H and O–H groups in total. The summed E-state index contributed by atoms with van der Waals surface area (Å²) >= 11 is 0. The van der Waals surface area contributed by atoms with Gasteiger partial charge in [-0.05, 0) is 0 Å². The number of carbonyl (C=O) groups is 2. The second kappa shape index (κ2) is 6.81. The summed E-state index contributed by atoms with van der Waals surface area (Å²) in [5.74, 6) is -1.64. The number of carbonyl (C=O) groups excluding carboxylic acids is 1. The molecule has 0 radical (unpaired) electrons. The normalized spacial score (nSPS) is 9.21. The first kappa shape index (κ1) is 12.3. The molecule has 0 bridgehead atoms. The summed E-state index contributed by atoms with van der Waals surface area (Å²) in [4.78, 5) is 30.7. The maximum atomic E-state index is 10.8. The van der Waals surface area contributed by atoms with Crippen LogP contribution < -0.4 is 0 Å². The predicted octanol–water partition coefficient (Wildman–Crippen LogP) is 0.00760. The molecule has 0 aromatic carbocycles. The molecule has 0 aliphatic carbocycles. The smallest absolute Gasteiger partial charge is 0.306 e. The molecule has 7 nitrogen and oxygen atoms in total. The third-order valence-electron chi connectivity index (χ3n) is 1.36. The molecule has 0 amide bonds. The molecule has 0 heterocycles. The maximum Gasteiger partial charge on any atom is 0.306 e. The summed E-state index contributed by atoms with van der Waals surface area (Å²) in [5.41, 5.74) is 0. The molecule has 0 aromatic heterocycles. The van der Waals surface area contributed by atoms with Crippen molar-refractivity contribution < 1.29 is 19.4 Å². The van der Waals surface area contributed by atoms with Crippen molar-refractivity contribution in [1.29, 1.82) is 0 Å². The molecular formula is C7H12N2O5. The van der Waals surface area contributed by atoms with Crippen LogP contribution in [0, 0.1) is 4.91 Å². The Morgan fingerprint density at radius 3 is 2.57 bits per heavy atom. The van der Waals surface area contributed by atoms with Crippen LogP contribution >= 0.6 is 0 Å². The van der Waals surface area contributed by atoms with E-state index in [1.54, 1.807) is 0 Å². The highest BCUT2D eigenvalue weighted by Gasteiger charge is 2.06. The molecular weight excluding hydrogens is 192 g/mol. The summed E-state index contributed by atoms with van der Waals surface area (Å²) in [6.07, 6.45) is -0.409. The van der Waals surface area contributed by atoms with Crippen LogP contribution in [0.4, 0.5) is 0 Å². The average molecular weight is 204 g/mol. The number of aliphatic carboxylic acids is 1. The molecule has 14 heavy (non-hydrogen) atoms. The van der Waals surface area contributed by atoms with Crippen molar-refractivity contribution in [2.75, 3.05) is 20.2 Å². The maximum absolute atomic E-state index is 10.8. The molecule has 0 rings (SSSR count). The van der Waals surface area contributed by atoms with E-state index in [4.69, 9.17) is 5.11 Å². The number of nitroso groups, excluding NO2 is 1. The molecule has 80 valence electrons. The Labute approximate surface area is 80.6 Å². The second-order valence-corrected chi connectivity index (χ2v) is 2.58. The molecule has 0 atom stereocenters. The fourth-order valence-corrected chi connectivity index (χ4v) is 0.614. The van der Waals surface area contributed by atoms with E-state index in [-0.39, 0.29) is 26.0 Å². The number of hydrogen-bond donors (Lipinski definition) is 1. The number of carboxylic acid groups (broad SMARTS) is 1. The van der Waals surface area contributed by atoms with Crippen molar-refractivity contribution in [3.8, 4) is 0 Å². The van der Waals surface area contributed by atoms with E-state index in [0.29, 0.717) is 0 Å². The van der Waals surface area contributed by atoms with Crippen LogP contribution in [0.25, 0.3) is 0 Å². The van der Waals surface area contributed by atoms with Gasteiger partial charge < -0.3 is 9.84 Å². The molecule has 0 saturated heterocycles. The van der Waals surface area contributed by atoms with Crippen LogP contribution in [0.1, 0.15) is 12.8 Å². The number of carboxylic acids is 1. The van der Waals surface area contributed by atoms with E-state index in [0.717, 1.165) is 5.01 Å². The van der Waals surface area contributed by atoms with Crippen LogP contribution in [-0.4, -0.2) is 42.3 Å². The quantitative estimate of drug-likeness (QED) is 0.356. The van der Waals surface area contributed by atoms with Gasteiger partial charge in [0.05, 0.1) is 24.7 Å². The Morgan fingerprint density at radius 2 is 2.07 bits per heavy atom. The number of esters is 1. The topological polar surface area (TPSA) is 96.3 Å². The van der Waals surface area contributed by atoms with Crippen molar-refractivity contribution in [3.05, 3.63) is 4.91 Å². The standard InChI is InChI=1S/C7H12N2O5/c1-9(8-13)4-5-14-7(12)3-2-6(10)11/h2-5H2,1H3,(H,10,11). The fourth-order valence-electron chi connectivity index (χ4n) is 0.614. The summed E-state index contributed by atoms with van der Waals surface area (Å²) in [6, 6.07) is 0. The molecule has 0 saturated carbocycles. The highest BCUT2D eigenvalue weighted by molar-refractivity contribution is 5.76. The molecule has 0 aliphatic rings. The highest BCUT2D eigenvalue weighted by Crippen LogP contribution is 1.93. The number of ether oxygens (including phenoxy) is 1. The minimum Gasteiger partial charge on any atom is -0.481 e. The van der Waals surface area contributed by atoms with Crippen molar-refractivity contribution in [2.45, 2.75) is 12.8 Å². The third kappa shape index (κ3) is 7.01. The van der Waals surface area contributed by atoms with E-state index < -0.39 is 11.9 Å². The minimum absolute atomic E-state index is 0.0285. The highest BCUT2D eigenvalue weighted by atomic mass is 16.5. The van der Waals surface area contributed by atoms with Crippen molar-refractivity contribution in [1.82, 2.24) is 5.01 Å². The van der Waals surface area contributed by atoms with Gasteiger partial charge in [0.1, 0.15) is 6.61 Å². The van der Waals surface area contributed by atoms with Gasteiger partial charge in [0.15, 0.2) is 0 Å². The first-order valence-electron chi connectivity index (χ1n) is 3.98. The number of likely N-dealkylation sites (N-methyl/N-ethyl adjacent to an activating group) is 1. The molecule has 7 heteroatoms. The minimum atomic E-state index is -1.05. The number of nitrogens with zero attached hydrogens (tertiary/aromatic N) is 2. The zero-order valence-electron chi connectivity index (χ0n) is 7.80. The van der Waals surface area contributed by atoms with Crippen molar-refractivity contribution in [2.24, 2.45) is 5.29 Å². The first-order chi connectivity index (χ1) is 6.56. The van der Waals surface area contributed by atoms with Crippen LogP contribution in [0.2, 0.25) is 0 Å². The zero-order chi connectivity index (χ0) is 11.0. The van der Waals surface area contributed by atoms with Gasteiger partial charge in [-0.25, -0.2) is 0 Å². The van der Waals surface area contributed by atoms with E-state index in [1.165, 1.54) is 7.05 Å². The molecule has 0 aromatic rings. The van der Waals surface area contributed by atoms with Crippen molar-refractivity contribution in [3.63, 3.8) is 0 Å². The van der Waals surface area contributed by atoms with E-state index in [9.17, 15) is 14.5 Å². The van der Waals surface area contributed by atoms with Crippen LogP contribution in [0.3, 0.4) is 0 Å². The second-order valence-electron chi connectivity index (χ2n) is 2.58. The first-order valence-corrected chi connectivity index (χ1v) is 3.98. The van der Waals surface area contributed by atoms with Gasteiger partial charge in [0.25, 0.3) is 0 Å². The largest absolute Gasteiger partial charge is 0.481 e. The Hall–Kier alpha value is -1.66. The lowest BCUT2D eigenvalue weighted by atomic mass is 10.3. The summed E-state index contributed by atoms with van der Waals surface area (Å²) in [7, 11) is 1.44. The van der Waals surface area contributed by atoms with E-state index >= 15 is 0 Å². The van der Waals surface area contributed by atoms with Crippen LogP contribution in [0.15, 0.2) is 5.29 Å². The van der Waals surface area contributed by atoms with Gasteiger partial charge in [-0.2, -0.15) is 0 Å². The average Bonchev–Trinajstić information content (AvgIpc) is 2.14. The van der Waals surface area contributed by atoms with E-state index in [1.807, 2.05) is 0 Å². The molecule has 0 fully saturated rings. The van der Waals surface area contributed by atoms with E-state index in [2.05, 4.69) is 10.0 Å². The van der Waals surface area contributed by atoms with Gasteiger partial charge in [-0.15, -0.1) is 4.91 Å². The van der Waals surface area contributed by atoms with Gasteiger partial charge in [-0.3, -0.25) is 14.6 Å². The molecule has 0 spiro atoms. The van der Waals surface area contributed by atoms with Gasteiger partial charge in [0.2, 0.25) is 0 Å². The Morgan fingerprint density at radius 1 is 1.43 bits per heavy atom. The lowest BCUT2D eigenvalue weighted by Crippen LogP contribution is -2.19. The van der Waals surface area contributed by atoms with Gasteiger partial charge in [0, 0.05) is 7.05 Å². The third-order valence-corrected chi connectivity index (χ3v) is 1.36. The van der Waals surface area contributed by atoms with Crippen molar-refractivity contribution >= 4 is 11.9 Å². The summed E-state index contributed by atoms with van der Waals surface area (Å²) < 4.78 is 4.62. The Bertz CT molecular complexity index is 218. The monoisotopic (exact) mass is 204 g/mol. The fraction of sp³-hybridized carbons (Fsp3) is 0.714. The number of rotatable bonds is 7. The lowest BCUT2D eigenvalue weighted by Gasteiger charge is -2.08. The Kier molecular flexibility index (Phi) is 6.01. The Balaban J connectivity index is 3.44. The molecule has 0 unspecified atom stereocenters. The summed E-state index contributed by atoms with van der Waals surface area (Å²) in [6.45, 7) is 0.225. The van der Waals surface area contributed by atoms with Gasteiger partial charge in [-0.1, -0.05) is 0 Å². The zero-order valence-corrected chi connectivity index (χ0v) is 7.80. The van der Waals surface area contributed by atoms with Crippen LogP contribution in [-0.2, 0) is 14.3 Å². The summed E-state index contributed by atoms with van der Waals surface area (Å²) in [5, 5.41) is 11.9. The van der Waals surface area contributed by atoms with Crippen LogP contribution in [0.5, 0.6) is 0 Å². The molecule has 0 aliphatic heterocycles. The van der Waals surface area contributed by atoms with Gasteiger partial charge >= 0.3 is 11.9 Å². The lowest BCUT2D eigenvalue weighted by molar-refractivity contribution is -0.148.